The first-order chi connectivity index (χ1) is 8.63. The van der Waals surface area contributed by atoms with E-state index >= 15 is 0 Å². The van der Waals surface area contributed by atoms with Crippen LogP contribution in [-0.2, 0) is 0 Å². The van der Waals surface area contributed by atoms with Crippen LogP contribution in [0, 0.1) is 0 Å². The zero-order valence-corrected chi connectivity index (χ0v) is 13.0. The molecule has 2 rings (SSSR count). The highest BCUT2D eigenvalue weighted by atomic mass is 79.9. The predicted molar refractivity (Wildman–Crippen MR) is 80.9 cm³/mol. The summed E-state index contributed by atoms with van der Waals surface area (Å²) < 4.78 is 7.35. The maximum atomic E-state index is 6.32. The van der Waals surface area contributed by atoms with Gasteiger partial charge in [0.1, 0.15) is 5.75 Å². The van der Waals surface area contributed by atoms with E-state index in [-0.39, 0.29) is 6.04 Å². The fourth-order valence-corrected chi connectivity index (χ4v) is 3.14. The summed E-state index contributed by atoms with van der Waals surface area (Å²) in [5.74, 6) is 0.805. The zero-order valence-electron chi connectivity index (χ0n) is 9.86. The van der Waals surface area contributed by atoms with Gasteiger partial charge in [0, 0.05) is 14.5 Å². The van der Waals surface area contributed by atoms with Crippen LogP contribution in [0.3, 0.4) is 0 Å². The third kappa shape index (κ3) is 2.76. The van der Waals surface area contributed by atoms with Gasteiger partial charge in [-0.2, -0.15) is 0 Å². The van der Waals surface area contributed by atoms with Crippen molar-refractivity contribution in [2.24, 2.45) is 5.73 Å². The van der Waals surface area contributed by atoms with E-state index < -0.39 is 0 Å². The van der Waals surface area contributed by atoms with Crippen molar-refractivity contribution in [1.29, 1.82) is 0 Å². The molecule has 2 aromatic rings. The molecule has 1 atom stereocenters. The molecule has 0 aromatic heterocycles. The molecule has 0 fully saturated rings. The van der Waals surface area contributed by atoms with E-state index in [4.69, 9.17) is 10.5 Å². The zero-order chi connectivity index (χ0) is 13.1. The van der Waals surface area contributed by atoms with Crippen LogP contribution in [0.4, 0.5) is 0 Å². The van der Waals surface area contributed by atoms with Crippen molar-refractivity contribution in [3.8, 4) is 5.75 Å². The van der Waals surface area contributed by atoms with Crippen molar-refractivity contribution in [3.63, 3.8) is 0 Å². The first-order valence-corrected chi connectivity index (χ1v) is 7.05. The van der Waals surface area contributed by atoms with Crippen molar-refractivity contribution in [2.75, 3.05) is 7.11 Å². The van der Waals surface area contributed by atoms with Crippen LogP contribution in [-0.4, -0.2) is 7.11 Å². The normalized spacial score (nSPS) is 12.2. The van der Waals surface area contributed by atoms with Gasteiger partial charge < -0.3 is 10.5 Å². The Bertz CT molecular complexity index is 557. The topological polar surface area (TPSA) is 35.2 Å². The minimum absolute atomic E-state index is 0.219. The van der Waals surface area contributed by atoms with Gasteiger partial charge in [0.2, 0.25) is 0 Å². The molecule has 18 heavy (non-hydrogen) atoms. The van der Waals surface area contributed by atoms with E-state index in [1.807, 2.05) is 42.5 Å². The number of halogens is 2. The molecule has 0 aliphatic heterocycles. The number of para-hydroxylation sites is 1. The van der Waals surface area contributed by atoms with Crippen LogP contribution < -0.4 is 10.5 Å². The molecule has 2 nitrogen and oxygen atoms in total. The smallest absolute Gasteiger partial charge is 0.123 e. The molecule has 0 spiro atoms. The average Bonchev–Trinajstić information content (AvgIpc) is 2.38. The third-order valence-electron chi connectivity index (χ3n) is 2.77. The fraction of sp³-hybridized carbons (Fsp3) is 0.143. The standard InChI is InChI=1S/C14H13Br2NO/c1-18-13-5-3-2-4-11(13)14(17)10-7-6-9(15)8-12(10)16/h2-8,14H,17H2,1H3. The largest absolute Gasteiger partial charge is 0.496 e. The van der Waals surface area contributed by atoms with Crippen molar-refractivity contribution in [1.82, 2.24) is 0 Å². The van der Waals surface area contributed by atoms with Crippen LogP contribution in [0.15, 0.2) is 51.4 Å². The van der Waals surface area contributed by atoms with Crippen molar-refractivity contribution in [2.45, 2.75) is 6.04 Å². The van der Waals surface area contributed by atoms with E-state index in [1.54, 1.807) is 7.11 Å². The number of benzene rings is 2. The van der Waals surface area contributed by atoms with E-state index in [2.05, 4.69) is 31.9 Å². The SMILES string of the molecule is COc1ccccc1C(N)c1ccc(Br)cc1Br. The highest BCUT2D eigenvalue weighted by Crippen LogP contribution is 2.33. The molecule has 94 valence electrons. The number of ether oxygens (including phenoxy) is 1. The number of hydrogen-bond acceptors (Lipinski definition) is 2. The lowest BCUT2D eigenvalue weighted by atomic mass is 9.99. The Labute approximate surface area is 123 Å². The molecule has 0 amide bonds. The van der Waals surface area contributed by atoms with E-state index in [0.717, 1.165) is 25.8 Å². The monoisotopic (exact) mass is 369 g/mol. The van der Waals surface area contributed by atoms with Gasteiger partial charge in [-0.25, -0.2) is 0 Å². The van der Waals surface area contributed by atoms with E-state index in [1.165, 1.54) is 0 Å². The van der Waals surface area contributed by atoms with Gasteiger partial charge >= 0.3 is 0 Å². The van der Waals surface area contributed by atoms with Crippen molar-refractivity contribution in [3.05, 3.63) is 62.5 Å². The quantitative estimate of drug-likeness (QED) is 0.875. The summed E-state index contributed by atoms with van der Waals surface area (Å²) in [5.41, 5.74) is 8.32. The van der Waals surface area contributed by atoms with Gasteiger partial charge in [0.25, 0.3) is 0 Å². The number of nitrogens with two attached hydrogens (primary N) is 1. The third-order valence-corrected chi connectivity index (χ3v) is 3.95. The maximum absolute atomic E-state index is 6.32. The second-order valence-corrected chi connectivity index (χ2v) is 5.66. The number of methoxy groups -OCH3 is 1. The molecule has 0 saturated carbocycles. The summed E-state index contributed by atoms with van der Waals surface area (Å²) in [5, 5.41) is 0. The molecule has 0 aliphatic rings. The molecule has 4 heteroatoms. The predicted octanol–water partition coefficient (Wildman–Crippen LogP) is 4.27. The van der Waals surface area contributed by atoms with Gasteiger partial charge in [0.05, 0.1) is 13.2 Å². The maximum Gasteiger partial charge on any atom is 0.123 e. The summed E-state index contributed by atoms with van der Waals surface area (Å²) in [6.45, 7) is 0. The summed E-state index contributed by atoms with van der Waals surface area (Å²) in [7, 11) is 1.65. The molecule has 1 unspecified atom stereocenters. The summed E-state index contributed by atoms with van der Waals surface area (Å²) in [6.07, 6.45) is 0. The Morgan fingerprint density at radius 3 is 2.44 bits per heavy atom. The molecular formula is C14H13Br2NO. The highest BCUT2D eigenvalue weighted by Gasteiger charge is 2.16. The molecule has 0 heterocycles. The summed E-state index contributed by atoms with van der Waals surface area (Å²) in [6, 6.07) is 13.6. The molecule has 0 saturated heterocycles. The Balaban J connectivity index is 2.44. The van der Waals surface area contributed by atoms with Crippen molar-refractivity contribution < 1.29 is 4.74 Å². The molecular weight excluding hydrogens is 358 g/mol. The Hall–Kier alpha value is -0.840. The highest BCUT2D eigenvalue weighted by molar-refractivity contribution is 9.11. The fourth-order valence-electron chi connectivity index (χ4n) is 1.84. The second kappa shape index (κ2) is 5.87. The van der Waals surface area contributed by atoms with Crippen LogP contribution in [0.1, 0.15) is 17.2 Å². The van der Waals surface area contributed by atoms with Gasteiger partial charge in [-0.15, -0.1) is 0 Å². The molecule has 2 aromatic carbocycles. The average molecular weight is 371 g/mol. The minimum Gasteiger partial charge on any atom is -0.496 e. The minimum atomic E-state index is -0.219. The van der Waals surface area contributed by atoms with Gasteiger partial charge in [-0.1, -0.05) is 56.1 Å². The molecule has 0 bridgehead atoms. The lowest BCUT2D eigenvalue weighted by molar-refractivity contribution is 0.408. The lowest BCUT2D eigenvalue weighted by Crippen LogP contribution is -2.13. The van der Waals surface area contributed by atoms with Crippen LogP contribution >= 0.6 is 31.9 Å². The van der Waals surface area contributed by atoms with Gasteiger partial charge in [-0.05, 0) is 23.8 Å². The van der Waals surface area contributed by atoms with Crippen LogP contribution in [0.5, 0.6) is 5.75 Å². The van der Waals surface area contributed by atoms with Gasteiger partial charge in [-0.3, -0.25) is 0 Å². The summed E-state index contributed by atoms with van der Waals surface area (Å²) >= 11 is 6.97. The first-order valence-electron chi connectivity index (χ1n) is 5.47. The first kappa shape index (κ1) is 13.6. The Morgan fingerprint density at radius 2 is 1.78 bits per heavy atom. The van der Waals surface area contributed by atoms with E-state index in [9.17, 15) is 0 Å². The van der Waals surface area contributed by atoms with Gasteiger partial charge in [0.15, 0.2) is 0 Å². The Morgan fingerprint density at radius 1 is 1.06 bits per heavy atom. The molecule has 2 N–H and O–H groups in total. The van der Waals surface area contributed by atoms with Crippen LogP contribution in [0.2, 0.25) is 0 Å². The van der Waals surface area contributed by atoms with Crippen molar-refractivity contribution >= 4 is 31.9 Å². The van der Waals surface area contributed by atoms with E-state index in [0.29, 0.717) is 0 Å². The summed E-state index contributed by atoms with van der Waals surface area (Å²) in [4.78, 5) is 0. The lowest BCUT2D eigenvalue weighted by Gasteiger charge is -2.17. The Kier molecular flexibility index (Phi) is 4.43. The number of hydrogen-bond donors (Lipinski definition) is 1. The van der Waals surface area contributed by atoms with Crippen LogP contribution in [0.25, 0.3) is 0 Å². The second-order valence-electron chi connectivity index (χ2n) is 3.89. The molecule has 0 aliphatic carbocycles. The number of rotatable bonds is 3. The molecule has 0 radical (unpaired) electrons.